The maximum Gasteiger partial charge on any atom is 0.349 e. The van der Waals surface area contributed by atoms with Crippen molar-refractivity contribution in [3.63, 3.8) is 0 Å². The normalized spacial score (nSPS) is 11.7. The third-order valence-electron chi connectivity index (χ3n) is 2.55. The first-order valence-electron chi connectivity index (χ1n) is 5.43. The van der Waals surface area contributed by atoms with Gasteiger partial charge in [0.05, 0.1) is 5.92 Å². The number of hydrogen-bond donors (Lipinski definition) is 2. The van der Waals surface area contributed by atoms with Gasteiger partial charge in [-0.2, -0.15) is 10.5 Å². The second kappa shape index (κ2) is 7.41. The van der Waals surface area contributed by atoms with Crippen molar-refractivity contribution < 1.29 is 29.9 Å². The van der Waals surface area contributed by atoms with Crippen molar-refractivity contribution >= 4 is 11.9 Å². The van der Waals surface area contributed by atoms with Crippen LogP contribution in [-0.2, 0) is 19.4 Å². The first kappa shape index (κ1) is 14.1. The largest absolute Gasteiger partial charge is 0.349 e. The van der Waals surface area contributed by atoms with E-state index in [0.717, 1.165) is 0 Å². The summed E-state index contributed by atoms with van der Waals surface area (Å²) in [5.41, 5.74) is 0.689. The van der Waals surface area contributed by atoms with E-state index in [2.05, 4.69) is 9.78 Å². The summed E-state index contributed by atoms with van der Waals surface area (Å²) in [4.78, 5) is 29.4. The van der Waals surface area contributed by atoms with Gasteiger partial charge in [-0.1, -0.05) is 30.3 Å². The smallest absolute Gasteiger partial charge is 0.301 e. The summed E-state index contributed by atoms with van der Waals surface area (Å²) < 4.78 is 0. The van der Waals surface area contributed by atoms with Crippen molar-refractivity contribution in [2.24, 2.45) is 0 Å². The van der Waals surface area contributed by atoms with Crippen LogP contribution >= 0.6 is 0 Å². The zero-order chi connectivity index (χ0) is 13.4. The SMILES string of the molecule is O=C(CCCC(C(=O)OO)c1ccccc1)OO. The number of benzene rings is 1. The molecule has 98 valence electrons. The molecule has 6 heteroatoms. The summed E-state index contributed by atoms with van der Waals surface area (Å²) in [6.45, 7) is 0. The van der Waals surface area contributed by atoms with Crippen molar-refractivity contribution in [2.45, 2.75) is 25.2 Å². The summed E-state index contributed by atoms with van der Waals surface area (Å²) in [5, 5.41) is 16.5. The Morgan fingerprint density at radius 2 is 1.78 bits per heavy atom. The third kappa shape index (κ3) is 4.15. The van der Waals surface area contributed by atoms with E-state index in [4.69, 9.17) is 10.5 Å². The summed E-state index contributed by atoms with van der Waals surface area (Å²) in [5.74, 6) is -2.19. The first-order chi connectivity index (χ1) is 8.69. The second-order valence-corrected chi connectivity index (χ2v) is 3.73. The molecule has 0 fully saturated rings. The highest BCUT2D eigenvalue weighted by atomic mass is 17.1. The fourth-order valence-electron chi connectivity index (χ4n) is 1.67. The molecular formula is C12H14O6. The summed E-state index contributed by atoms with van der Waals surface area (Å²) in [6, 6.07) is 8.77. The summed E-state index contributed by atoms with van der Waals surface area (Å²) in [7, 11) is 0. The van der Waals surface area contributed by atoms with E-state index in [9.17, 15) is 9.59 Å². The Kier molecular flexibility index (Phi) is 5.83. The maximum atomic E-state index is 11.4. The van der Waals surface area contributed by atoms with Crippen LogP contribution in [0.25, 0.3) is 0 Å². The number of carbonyl (C=O) groups excluding carboxylic acids is 2. The van der Waals surface area contributed by atoms with Gasteiger partial charge in [0.2, 0.25) is 0 Å². The lowest BCUT2D eigenvalue weighted by molar-refractivity contribution is -0.237. The van der Waals surface area contributed by atoms with Crippen LogP contribution in [0, 0.1) is 0 Å². The molecule has 1 atom stereocenters. The van der Waals surface area contributed by atoms with E-state index in [1.54, 1.807) is 30.3 Å². The van der Waals surface area contributed by atoms with Crippen LogP contribution in [-0.4, -0.2) is 22.5 Å². The highest BCUT2D eigenvalue weighted by Crippen LogP contribution is 2.23. The monoisotopic (exact) mass is 254 g/mol. The van der Waals surface area contributed by atoms with Crippen LogP contribution < -0.4 is 0 Å². The zero-order valence-corrected chi connectivity index (χ0v) is 9.61. The Morgan fingerprint density at radius 3 is 2.33 bits per heavy atom. The lowest BCUT2D eigenvalue weighted by Gasteiger charge is -2.13. The highest BCUT2D eigenvalue weighted by molar-refractivity contribution is 5.77. The fraction of sp³-hybridized carbons (Fsp3) is 0.333. The van der Waals surface area contributed by atoms with Gasteiger partial charge in [-0.15, -0.1) is 0 Å². The number of carbonyl (C=O) groups is 2. The molecule has 18 heavy (non-hydrogen) atoms. The average Bonchev–Trinajstić information content (AvgIpc) is 2.43. The van der Waals surface area contributed by atoms with Crippen molar-refractivity contribution in [1.82, 2.24) is 0 Å². The molecule has 0 amide bonds. The highest BCUT2D eigenvalue weighted by Gasteiger charge is 2.22. The quantitative estimate of drug-likeness (QED) is 0.595. The van der Waals surface area contributed by atoms with Gasteiger partial charge in [-0.05, 0) is 18.4 Å². The number of rotatable bonds is 6. The molecule has 0 aliphatic heterocycles. The molecule has 1 aromatic rings. The van der Waals surface area contributed by atoms with E-state index >= 15 is 0 Å². The van der Waals surface area contributed by atoms with Gasteiger partial charge in [-0.3, -0.25) is 0 Å². The lowest BCUT2D eigenvalue weighted by atomic mass is 9.94. The molecule has 0 bridgehead atoms. The summed E-state index contributed by atoms with van der Waals surface area (Å²) in [6.07, 6.45) is 0.616. The Bertz CT molecular complexity index is 389. The topological polar surface area (TPSA) is 93.1 Å². The van der Waals surface area contributed by atoms with E-state index in [-0.39, 0.29) is 6.42 Å². The molecule has 0 aliphatic rings. The predicted octanol–water partition coefficient (Wildman–Crippen LogP) is 1.97. The second-order valence-electron chi connectivity index (χ2n) is 3.73. The number of hydrogen-bond acceptors (Lipinski definition) is 6. The van der Waals surface area contributed by atoms with Gasteiger partial charge >= 0.3 is 11.9 Å². The van der Waals surface area contributed by atoms with Crippen molar-refractivity contribution in [2.75, 3.05) is 0 Å². The molecule has 0 heterocycles. The van der Waals surface area contributed by atoms with E-state index < -0.39 is 17.9 Å². The molecule has 1 rings (SSSR count). The minimum Gasteiger partial charge on any atom is -0.301 e. The molecule has 0 saturated carbocycles. The Balaban J connectivity index is 2.63. The molecule has 0 aliphatic carbocycles. The molecule has 0 radical (unpaired) electrons. The third-order valence-corrected chi connectivity index (χ3v) is 2.55. The fourth-order valence-corrected chi connectivity index (χ4v) is 1.67. The predicted molar refractivity (Wildman–Crippen MR) is 60.5 cm³/mol. The minimum absolute atomic E-state index is 0.0153. The van der Waals surface area contributed by atoms with Gasteiger partial charge in [0, 0.05) is 6.42 Å². The van der Waals surface area contributed by atoms with Crippen molar-refractivity contribution in [1.29, 1.82) is 0 Å². The standard InChI is InChI=1S/C12H14O6/c13-11(17-15)8-4-7-10(12(14)18-16)9-5-2-1-3-6-9/h1-3,5-6,10,15-16H,4,7-8H2. The van der Waals surface area contributed by atoms with Gasteiger partial charge in [0.1, 0.15) is 0 Å². The van der Waals surface area contributed by atoms with Crippen LogP contribution in [0.3, 0.4) is 0 Å². The molecule has 6 nitrogen and oxygen atoms in total. The van der Waals surface area contributed by atoms with Crippen LogP contribution in [0.2, 0.25) is 0 Å². The lowest BCUT2D eigenvalue weighted by Crippen LogP contribution is -2.15. The van der Waals surface area contributed by atoms with Gasteiger partial charge in [0.15, 0.2) is 0 Å². The van der Waals surface area contributed by atoms with Crippen LogP contribution in [0.1, 0.15) is 30.7 Å². The molecule has 1 unspecified atom stereocenters. The Hall–Kier alpha value is -1.92. The van der Waals surface area contributed by atoms with Crippen LogP contribution in [0.4, 0.5) is 0 Å². The Labute approximate surface area is 104 Å². The van der Waals surface area contributed by atoms with Gasteiger partial charge < -0.3 is 9.78 Å². The zero-order valence-electron chi connectivity index (χ0n) is 9.61. The average molecular weight is 254 g/mol. The maximum absolute atomic E-state index is 11.4. The van der Waals surface area contributed by atoms with E-state index in [1.165, 1.54) is 0 Å². The molecular weight excluding hydrogens is 240 g/mol. The van der Waals surface area contributed by atoms with E-state index in [1.807, 2.05) is 0 Å². The molecule has 0 saturated heterocycles. The summed E-state index contributed by atoms with van der Waals surface area (Å²) >= 11 is 0. The van der Waals surface area contributed by atoms with Crippen molar-refractivity contribution in [3.05, 3.63) is 35.9 Å². The molecule has 0 aromatic heterocycles. The van der Waals surface area contributed by atoms with Crippen LogP contribution in [0.15, 0.2) is 30.3 Å². The Morgan fingerprint density at radius 1 is 1.11 bits per heavy atom. The van der Waals surface area contributed by atoms with Crippen molar-refractivity contribution in [3.8, 4) is 0 Å². The van der Waals surface area contributed by atoms with E-state index in [0.29, 0.717) is 18.4 Å². The molecule has 1 aromatic carbocycles. The molecule has 2 N–H and O–H groups in total. The van der Waals surface area contributed by atoms with Gasteiger partial charge in [-0.25, -0.2) is 9.59 Å². The minimum atomic E-state index is -0.779. The molecule has 0 spiro atoms. The van der Waals surface area contributed by atoms with Crippen LogP contribution in [0.5, 0.6) is 0 Å². The van der Waals surface area contributed by atoms with Gasteiger partial charge in [0.25, 0.3) is 0 Å². The first-order valence-corrected chi connectivity index (χ1v) is 5.43.